The standard InChI is InChI=1S/C26H22Cl3F3N6O/c27-9-11-38(12-10-28)19-5-1-16(2-6-19)36-25(39)37-17-4-8-23-20(13-17)24(34-15-33-23)35-18-3-7-22(29)21(14-18)26(30,31)32/h1-8,13-15H,9-12H2,(H,33,34,35)(H2,36,37,39). The highest BCUT2D eigenvalue weighted by molar-refractivity contribution is 6.31. The number of hydrogen-bond donors (Lipinski definition) is 3. The van der Waals surface area contributed by atoms with Crippen LogP contribution >= 0.6 is 34.8 Å². The number of carbonyl (C=O) groups excluding carboxylic acids is 1. The highest BCUT2D eigenvalue weighted by atomic mass is 35.5. The topological polar surface area (TPSA) is 82.2 Å². The summed E-state index contributed by atoms with van der Waals surface area (Å²) in [6, 6.07) is 15.2. The van der Waals surface area contributed by atoms with E-state index in [-0.39, 0.29) is 11.5 Å². The molecule has 3 N–H and O–H groups in total. The molecule has 0 aliphatic heterocycles. The van der Waals surface area contributed by atoms with Crippen LogP contribution < -0.4 is 20.9 Å². The molecule has 0 radical (unpaired) electrons. The smallest absolute Gasteiger partial charge is 0.369 e. The Balaban J connectivity index is 1.49. The van der Waals surface area contributed by atoms with Gasteiger partial charge in [0, 0.05) is 53.0 Å². The van der Waals surface area contributed by atoms with Crippen molar-refractivity contribution in [3.63, 3.8) is 0 Å². The van der Waals surface area contributed by atoms with Crippen LogP contribution in [-0.2, 0) is 6.18 Å². The van der Waals surface area contributed by atoms with E-state index in [1.54, 1.807) is 30.3 Å². The highest BCUT2D eigenvalue weighted by Crippen LogP contribution is 2.37. The molecule has 0 aliphatic rings. The first-order valence-electron chi connectivity index (χ1n) is 11.6. The van der Waals surface area contributed by atoms with Gasteiger partial charge in [-0.05, 0) is 60.7 Å². The largest absolute Gasteiger partial charge is 0.417 e. The molecule has 4 rings (SSSR count). The number of alkyl halides is 5. The molecule has 1 heterocycles. The van der Waals surface area contributed by atoms with Crippen molar-refractivity contribution in [3.8, 4) is 0 Å². The van der Waals surface area contributed by atoms with Crippen LogP contribution in [0.1, 0.15) is 5.56 Å². The lowest BCUT2D eigenvalue weighted by molar-refractivity contribution is -0.137. The fourth-order valence-electron chi connectivity index (χ4n) is 3.81. The van der Waals surface area contributed by atoms with E-state index >= 15 is 0 Å². The Bertz CT molecular complexity index is 1450. The van der Waals surface area contributed by atoms with E-state index in [0.29, 0.717) is 47.1 Å². The van der Waals surface area contributed by atoms with Crippen LogP contribution in [0.3, 0.4) is 0 Å². The van der Waals surface area contributed by atoms with Gasteiger partial charge in [0.05, 0.1) is 16.1 Å². The lowest BCUT2D eigenvalue weighted by Gasteiger charge is -2.23. The van der Waals surface area contributed by atoms with E-state index in [1.807, 2.05) is 17.0 Å². The van der Waals surface area contributed by atoms with Gasteiger partial charge < -0.3 is 20.9 Å². The van der Waals surface area contributed by atoms with Gasteiger partial charge >= 0.3 is 12.2 Å². The van der Waals surface area contributed by atoms with Crippen LogP contribution in [0.4, 0.5) is 46.5 Å². The maximum absolute atomic E-state index is 13.3. The zero-order valence-corrected chi connectivity index (χ0v) is 22.5. The van der Waals surface area contributed by atoms with Gasteiger partial charge in [-0.15, -0.1) is 23.2 Å². The van der Waals surface area contributed by atoms with Gasteiger partial charge in [-0.2, -0.15) is 13.2 Å². The number of carbonyl (C=O) groups is 1. The molecule has 0 unspecified atom stereocenters. The van der Waals surface area contributed by atoms with Crippen molar-refractivity contribution in [3.05, 3.63) is 77.6 Å². The van der Waals surface area contributed by atoms with Crippen molar-refractivity contribution in [1.82, 2.24) is 9.97 Å². The molecule has 39 heavy (non-hydrogen) atoms. The van der Waals surface area contributed by atoms with Crippen molar-refractivity contribution in [2.24, 2.45) is 0 Å². The zero-order valence-electron chi connectivity index (χ0n) is 20.2. The van der Waals surface area contributed by atoms with Crippen molar-refractivity contribution < 1.29 is 18.0 Å². The molecule has 1 aromatic heterocycles. The fraction of sp³-hybridized carbons (Fsp3) is 0.192. The van der Waals surface area contributed by atoms with Gasteiger partial charge in [0.1, 0.15) is 12.1 Å². The minimum absolute atomic E-state index is 0.141. The number of halogens is 6. The Morgan fingerprint density at radius 2 is 1.49 bits per heavy atom. The zero-order chi connectivity index (χ0) is 28.0. The van der Waals surface area contributed by atoms with Crippen LogP contribution in [0.2, 0.25) is 5.02 Å². The second kappa shape index (κ2) is 12.6. The summed E-state index contributed by atoms with van der Waals surface area (Å²) < 4.78 is 39.8. The second-order valence-corrected chi connectivity index (χ2v) is 9.43. The average Bonchev–Trinajstić information content (AvgIpc) is 2.90. The predicted molar refractivity (Wildman–Crippen MR) is 152 cm³/mol. The van der Waals surface area contributed by atoms with Crippen LogP contribution in [-0.4, -0.2) is 40.8 Å². The fourth-order valence-corrected chi connectivity index (χ4v) is 4.45. The minimum atomic E-state index is -4.61. The monoisotopic (exact) mass is 596 g/mol. The molecule has 4 aromatic rings. The summed E-state index contributed by atoms with van der Waals surface area (Å²) in [5.74, 6) is 1.18. The molecule has 204 valence electrons. The summed E-state index contributed by atoms with van der Waals surface area (Å²) >= 11 is 17.5. The third kappa shape index (κ3) is 7.35. The molecular formula is C26H22Cl3F3N6O. The highest BCUT2D eigenvalue weighted by Gasteiger charge is 2.33. The van der Waals surface area contributed by atoms with Crippen molar-refractivity contribution in [2.75, 3.05) is 45.7 Å². The molecule has 0 saturated carbocycles. The molecular weight excluding hydrogens is 576 g/mol. The Hall–Kier alpha value is -3.47. The summed E-state index contributed by atoms with van der Waals surface area (Å²) in [6.45, 7) is 1.29. The molecule has 0 saturated heterocycles. The average molecular weight is 598 g/mol. The van der Waals surface area contributed by atoms with E-state index in [4.69, 9.17) is 34.8 Å². The number of anilines is 5. The SMILES string of the molecule is O=C(Nc1ccc(N(CCCl)CCCl)cc1)Nc1ccc2ncnc(Nc3ccc(Cl)c(C(F)(F)F)c3)c2c1. The number of aromatic nitrogens is 2. The van der Waals surface area contributed by atoms with Crippen LogP contribution in [0.5, 0.6) is 0 Å². The number of benzene rings is 3. The maximum Gasteiger partial charge on any atom is 0.417 e. The van der Waals surface area contributed by atoms with Gasteiger partial charge in [0.2, 0.25) is 0 Å². The summed E-state index contributed by atoms with van der Waals surface area (Å²) in [5.41, 5.74) is 1.63. The van der Waals surface area contributed by atoms with Crippen LogP contribution in [0.25, 0.3) is 10.9 Å². The molecule has 13 heteroatoms. The van der Waals surface area contributed by atoms with Crippen LogP contribution in [0.15, 0.2) is 67.0 Å². The van der Waals surface area contributed by atoms with E-state index in [9.17, 15) is 18.0 Å². The third-order valence-corrected chi connectivity index (χ3v) is 6.29. The number of nitrogens with zero attached hydrogens (tertiary/aromatic N) is 3. The number of rotatable bonds is 9. The Morgan fingerprint density at radius 3 is 2.15 bits per heavy atom. The lowest BCUT2D eigenvalue weighted by Crippen LogP contribution is -2.27. The molecule has 7 nitrogen and oxygen atoms in total. The van der Waals surface area contributed by atoms with E-state index in [2.05, 4.69) is 25.9 Å². The van der Waals surface area contributed by atoms with Crippen molar-refractivity contribution >= 4 is 80.3 Å². The third-order valence-electron chi connectivity index (χ3n) is 5.63. The van der Waals surface area contributed by atoms with E-state index < -0.39 is 22.8 Å². The molecule has 0 atom stereocenters. The summed E-state index contributed by atoms with van der Waals surface area (Å²) in [7, 11) is 0. The first-order valence-corrected chi connectivity index (χ1v) is 13.1. The Morgan fingerprint density at radius 1 is 0.846 bits per heavy atom. The normalized spacial score (nSPS) is 11.3. The van der Waals surface area contributed by atoms with Crippen molar-refractivity contribution in [1.29, 1.82) is 0 Å². The molecule has 0 spiro atoms. The van der Waals surface area contributed by atoms with Gasteiger partial charge in [-0.25, -0.2) is 14.8 Å². The number of fused-ring (bicyclic) bond motifs is 1. The minimum Gasteiger partial charge on any atom is -0.369 e. The summed E-state index contributed by atoms with van der Waals surface area (Å²) in [6.07, 6.45) is -3.32. The second-order valence-electron chi connectivity index (χ2n) is 8.26. The summed E-state index contributed by atoms with van der Waals surface area (Å²) in [4.78, 5) is 23.0. The number of hydrogen-bond acceptors (Lipinski definition) is 5. The van der Waals surface area contributed by atoms with E-state index in [0.717, 1.165) is 17.8 Å². The maximum atomic E-state index is 13.3. The van der Waals surface area contributed by atoms with Gasteiger partial charge in [0.25, 0.3) is 0 Å². The molecule has 3 aromatic carbocycles. The molecule has 0 fully saturated rings. The van der Waals surface area contributed by atoms with Gasteiger partial charge in [-0.3, -0.25) is 0 Å². The summed E-state index contributed by atoms with van der Waals surface area (Å²) in [5, 5.41) is 8.47. The first kappa shape index (κ1) is 28.5. The molecule has 0 aliphatic carbocycles. The van der Waals surface area contributed by atoms with Crippen molar-refractivity contribution in [2.45, 2.75) is 6.18 Å². The van der Waals surface area contributed by atoms with E-state index in [1.165, 1.54) is 12.4 Å². The number of urea groups is 1. The first-order chi connectivity index (χ1) is 18.7. The van der Waals surface area contributed by atoms with Gasteiger partial charge in [-0.1, -0.05) is 11.6 Å². The molecule has 0 bridgehead atoms. The lowest BCUT2D eigenvalue weighted by atomic mass is 10.1. The number of nitrogens with one attached hydrogen (secondary N) is 3. The molecule has 2 amide bonds. The quantitative estimate of drug-likeness (QED) is 0.171. The Kier molecular flexibility index (Phi) is 9.21. The predicted octanol–water partition coefficient (Wildman–Crippen LogP) is 7.97. The van der Waals surface area contributed by atoms with Crippen LogP contribution in [0, 0.1) is 0 Å². The Labute approximate surface area is 237 Å². The van der Waals surface area contributed by atoms with Gasteiger partial charge in [0.15, 0.2) is 0 Å². The number of amides is 2.